The number of hydrogen-bond acceptors (Lipinski definition) is 3. The van der Waals surface area contributed by atoms with Gasteiger partial charge in [0.05, 0.1) is 5.56 Å². The third kappa shape index (κ3) is 3.41. The molecule has 1 amide bonds. The lowest BCUT2D eigenvalue weighted by atomic mass is 10.1. The minimum Gasteiger partial charge on any atom is -0.369 e. The van der Waals surface area contributed by atoms with Gasteiger partial charge in [-0.3, -0.25) is 4.79 Å². The molecule has 1 aliphatic heterocycles. The molecule has 2 N–H and O–H groups in total. The van der Waals surface area contributed by atoms with E-state index in [4.69, 9.17) is 11.6 Å². The Bertz CT molecular complexity index is 927. The second-order valence-electron chi connectivity index (χ2n) is 6.68. The number of aromatic nitrogens is 1. The number of aromatic amines is 1. The molecule has 1 saturated heterocycles. The van der Waals surface area contributed by atoms with Crippen molar-refractivity contribution in [2.24, 2.45) is 0 Å². The Balaban J connectivity index is 1.48. The fraction of sp³-hybridized carbons (Fsp3) is 0.250. The smallest absolute Gasteiger partial charge is 0.257 e. The van der Waals surface area contributed by atoms with Crippen molar-refractivity contribution in [3.05, 3.63) is 59.2 Å². The number of halogens is 1. The maximum Gasteiger partial charge on any atom is 0.257 e. The van der Waals surface area contributed by atoms with Crippen molar-refractivity contribution in [3.63, 3.8) is 0 Å². The molecular weight excluding hydrogens is 348 g/mol. The molecule has 134 valence electrons. The van der Waals surface area contributed by atoms with Gasteiger partial charge in [-0.2, -0.15) is 0 Å². The number of nitrogens with one attached hydrogen (secondary N) is 2. The second kappa shape index (κ2) is 7.02. The summed E-state index contributed by atoms with van der Waals surface area (Å²) in [4.78, 5) is 20.4. The zero-order valence-electron chi connectivity index (χ0n) is 14.6. The van der Waals surface area contributed by atoms with Crippen LogP contribution in [-0.4, -0.2) is 49.0 Å². The molecule has 1 aliphatic rings. The Labute approximate surface area is 157 Å². The van der Waals surface area contributed by atoms with Crippen molar-refractivity contribution in [1.29, 1.82) is 0 Å². The molecule has 0 radical (unpaired) electrons. The highest BCUT2D eigenvalue weighted by molar-refractivity contribution is 6.31. The Morgan fingerprint density at radius 1 is 1.08 bits per heavy atom. The summed E-state index contributed by atoms with van der Waals surface area (Å²) in [5, 5.41) is 4.40. The summed E-state index contributed by atoms with van der Waals surface area (Å²) in [6, 6.07) is 13.5. The van der Waals surface area contributed by atoms with Crippen molar-refractivity contribution in [2.45, 2.75) is 0 Å². The standard InChI is InChI=1S/C20H21ClN4O/c1-24-8-10-25(11-9-24)16-5-3-15(4-6-16)23-20(26)18-13-22-19-7-2-14(21)12-17(18)19/h2-7,12-13,22H,8-11H2,1H3,(H,23,26). The van der Waals surface area contributed by atoms with Gasteiger partial charge in [-0.05, 0) is 49.5 Å². The van der Waals surface area contributed by atoms with Crippen molar-refractivity contribution in [3.8, 4) is 0 Å². The number of nitrogens with zero attached hydrogens (tertiary/aromatic N) is 2. The van der Waals surface area contributed by atoms with Gasteiger partial charge < -0.3 is 20.1 Å². The highest BCUT2D eigenvalue weighted by Gasteiger charge is 2.15. The average Bonchev–Trinajstić information content (AvgIpc) is 3.06. The summed E-state index contributed by atoms with van der Waals surface area (Å²) in [5.74, 6) is -0.147. The van der Waals surface area contributed by atoms with Crippen LogP contribution >= 0.6 is 11.6 Å². The fourth-order valence-corrected chi connectivity index (χ4v) is 3.47. The molecule has 5 nitrogen and oxygen atoms in total. The fourth-order valence-electron chi connectivity index (χ4n) is 3.30. The number of anilines is 2. The molecule has 26 heavy (non-hydrogen) atoms. The van der Waals surface area contributed by atoms with Crippen LogP contribution in [0.25, 0.3) is 10.9 Å². The second-order valence-corrected chi connectivity index (χ2v) is 7.12. The van der Waals surface area contributed by atoms with Gasteiger partial charge in [-0.25, -0.2) is 0 Å². The first-order valence-electron chi connectivity index (χ1n) is 8.72. The van der Waals surface area contributed by atoms with E-state index in [9.17, 15) is 4.79 Å². The van der Waals surface area contributed by atoms with Crippen LogP contribution in [0.1, 0.15) is 10.4 Å². The van der Waals surface area contributed by atoms with E-state index in [2.05, 4.69) is 39.3 Å². The topological polar surface area (TPSA) is 51.4 Å². The molecule has 0 saturated carbocycles. The van der Waals surface area contributed by atoms with Gasteiger partial charge in [0.1, 0.15) is 0 Å². The molecule has 1 aromatic heterocycles. The molecule has 2 heterocycles. The number of H-pyrrole nitrogens is 1. The quantitative estimate of drug-likeness (QED) is 0.738. The number of benzene rings is 2. The molecule has 4 rings (SSSR count). The van der Waals surface area contributed by atoms with E-state index in [0.29, 0.717) is 10.6 Å². The van der Waals surface area contributed by atoms with E-state index < -0.39 is 0 Å². The largest absolute Gasteiger partial charge is 0.369 e. The number of fused-ring (bicyclic) bond motifs is 1. The van der Waals surface area contributed by atoms with Gasteiger partial charge in [0.15, 0.2) is 0 Å². The van der Waals surface area contributed by atoms with Crippen LogP contribution in [0.15, 0.2) is 48.7 Å². The first-order chi connectivity index (χ1) is 12.6. The molecule has 0 aliphatic carbocycles. The molecule has 0 bridgehead atoms. The maximum absolute atomic E-state index is 12.6. The first kappa shape index (κ1) is 16.9. The van der Waals surface area contributed by atoms with Crippen LogP contribution in [0.2, 0.25) is 5.02 Å². The van der Waals surface area contributed by atoms with Gasteiger partial charge in [-0.1, -0.05) is 11.6 Å². The maximum atomic E-state index is 12.6. The Kier molecular flexibility index (Phi) is 4.57. The zero-order chi connectivity index (χ0) is 18.1. The monoisotopic (exact) mass is 368 g/mol. The van der Waals surface area contributed by atoms with E-state index in [1.807, 2.05) is 18.2 Å². The third-order valence-electron chi connectivity index (χ3n) is 4.88. The van der Waals surface area contributed by atoms with Crippen LogP contribution in [0.4, 0.5) is 11.4 Å². The Morgan fingerprint density at radius 3 is 2.54 bits per heavy atom. The summed E-state index contributed by atoms with van der Waals surface area (Å²) in [6.45, 7) is 4.19. The van der Waals surface area contributed by atoms with Crippen molar-refractivity contribution < 1.29 is 4.79 Å². The molecule has 3 aromatic rings. The van der Waals surface area contributed by atoms with E-state index in [0.717, 1.165) is 42.8 Å². The predicted molar refractivity (Wildman–Crippen MR) is 107 cm³/mol. The van der Waals surface area contributed by atoms with Crippen LogP contribution in [0, 0.1) is 0 Å². The minimum absolute atomic E-state index is 0.147. The molecular formula is C20H21ClN4O. The van der Waals surface area contributed by atoms with Crippen molar-refractivity contribution >= 4 is 39.8 Å². The highest BCUT2D eigenvalue weighted by atomic mass is 35.5. The first-order valence-corrected chi connectivity index (χ1v) is 9.09. The predicted octanol–water partition coefficient (Wildman–Crippen LogP) is 3.83. The van der Waals surface area contributed by atoms with E-state index in [1.54, 1.807) is 18.3 Å². The molecule has 0 atom stereocenters. The molecule has 0 unspecified atom stereocenters. The van der Waals surface area contributed by atoms with Crippen LogP contribution in [-0.2, 0) is 0 Å². The summed E-state index contributed by atoms with van der Waals surface area (Å²) in [7, 11) is 2.15. The number of piperazine rings is 1. The number of carbonyl (C=O) groups is 1. The number of likely N-dealkylation sites (N-methyl/N-ethyl adjacent to an activating group) is 1. The summed E-state index contributed by atoms with van der Waals surface area (Å²) < 4.78 is 0. The van der Waals surface area contributed by atoms with E-state index in [-0.39, 0.29) is 5.91 Å². The van der Waals surface area contributed by atoms with Crippen LogP contribution < -0.4 is 10.2 Å². The van der Waals surface area contributed by atoms with Crippen LogP contribution in [0.3, 0.4) is 0 Å². The van der Waals surface area contributed by atoms with Crippen molar-refractivity contribution in [1.82, 2.24) is 9.88 Å². The lowest BCUT2D eigenvalue weighted by Gasteiger charge is -2.34. The lowest BCUT2D eigenvalue weighted by Crippen LogP contribution is -2.44. The number of carbonyl (C=O) groups excluding carboxylic acids is 1. The normalized spacial score (nSPS) is 15.4. The van der Waals surface area contributed by atoms with Gasteiger partial charge in [0, 0.05) is 59.7 Å². The van der Waals surface area contributed by atoms with E-state index in [1.165, 1.54) is 5.69 Å². The summed E-state index contributed by atoms with van der Waals surface area (Å²) >= 11 is 6.06. The minimum atomic E-state index is -0.147. The lowest BCUT2D eigenvalue weighted by molar-refractivity contribution is 0.102. The van der Waals surface area contributed by atoms with Gasteiger partial charge in [-0.15, -0.1) is 0 Å². The Morgan fingerprint density at radius 2 is 1.81 bits per heavy atom. The number of amides is 1. The van der Waals surface area contributed by atoms with Crippen molar-refractivity contribution in [2.75, 3.05) is 43.4 Å². The number of rotatable bonds is 3. The molecule has 0 spiro atoms. The van der Waals surface area contributed by atoms with Gasteiger partial charge >= 0.3 is 0 Å². The summed E-state index contributed by atoms with van der Waals surface area (Å²) in [6.07, 6.45) is 1.72. The SMILES string of the molecule is CN1CCN(c2ccc(NC(=O)c3c[nH]c4ccc(Cl)cc34)cc2)CC1. The molecule has 2 aromatic carbocycles. The Hall–Kier alpha value is -2.50. The molecule has 6 heteroatoms. The van der Waals surface area contributed by atoms with E-state index >= 15 is 0 Å². The average molecular weight is 369 g/mol. The zero-order valence-corrected chi connectivity index (χ0v) is 15.4. The van der Waals surface area contributed by atoms with Gasteiger partial charge in [0.2, 0.25) is 0 Å². The highest BCUT2D eigenvalue weighted by Crippen LogP contribution is 2.24. The number of hydrogen-bond donors (Lipinski definition) is 2. The molecule has 1 fully saturated rings. The summed E-state index contributed by atoms with van der Waals surface area (Å²) in [5.41, 5.74) is 3.45. The van der Waals surface area contributed by atoms with Crippen LogP contribution in [0.5, 0.6) is 0 Å². The third-order valence-corrected chi connectivity index (χ3v) is 5.12. The van der Waals surface area contributed by atoms with Gasteiger partial charge in [0.25, 0.3) is 5.91 Å².